The molecule has 94 valence electrons. The highest BCUT2D eigenvalue weighted by Crippen LogP contribution is 2.22. The Morgan fingerprint density at radius 1 is 1.53 bits per heavy atom. The SMILES string of the molecule is CCOCCCNc1ccc(C(=O)O)cc1Cl. The van der Waals surface area contributed by atoms with Crippen LogP contribution >= 0.6 is 11.6 Å². The number of aromatic carboxylic acids is 1. The van der Waals surface area contributed by atoms with Crippen molar-refractivity contribution in [1.82, 2.24) is 0 Å². The number of carboxylic acids is 1. The predicted molar refractivity (Wildman–Crippen MR) is 68.0 cm³/mol. The molecule has 0 bridgehead atoms. The molecule has 0 amide bonds. The Morgan fingerprint density at radius 2 is 2.29 bits per heavy atom. The smallest absolute Gasteiger partial charge is 0.335 e. The van der Waals surface area contributed by atoms with Crippen molar-refractivity contribution < 1.29 is 14.6 Å². The van der Waals surface area contributed by atoms with Gasteiger partial charge in [-0.15, -0.1) is 0 Å². The van der Waals surface area contributed by atoms with Crippen LogP contribution in [0.25, 0.3) is 0 Å². The molecule has 0 unspecified atom stereocenters. The van der Waals surface area contributed by atoms with Crippen LogP contribution in [0.3, 0.4) is 0 Å². The van der Waals surface area contributed by atoms with Gasteiger partial charge in [0, 0.05) is 19.8 Å². The second kappa shape index (κ2) is 7.14. The molecule has 0 saturated heterocycles. The van der Waals surface area contributed by atoms with E-state index in [-0.39, 0.29) is 5.56 Å². The molecule has 0 aromatic heterocycles. The molecule has 0 atom stereocenters. The summed E-state index contributed by atoms with van der Waals surface area (Å²) in [5.41, 5.74) is 0.933. The number of carbonyl (C=O) groups is 1. The molecule has 0 fully saturated rings. The average molecular weight is 258 g/mol. The van der Waals surface area contributed by atoms with Crippen LogP contribution in [-0.2, 0) is 4.74 Å². The van der Waals surface area contributed by atoms with E-state index in [1.807, 2.05) is 6.92 Å². The zero-order chi connectivity index (χ0) is 12.7. The summed E-state index contributed by atoms with van der Waals surface area (Å²) < 4.78 is 5.20. The molecule has 5 heteroatoms. The highest BCUT2D eigenvalue weighted by atomic mass is 35.5. The summed E-state index contributed by atoms with van der Waals surface area (Å²) in [6, 6.07) is 4.64. The third kappa shape index (κ3) is 4.63. The quantitative estimate of drug-likeness (QED) is 0.738. The van der Waals surface area contributed by atoms with E-state index < -0.39 is 5.97 Å². The van der Waals surface area contributed by atoms with Crippen molar-refractivity contribution in [3.05, 3.63) is 28.8 Å². The number of rotatable bonds is 7. The first kappa shape index (κ1) is 13.8. The van der Waals surface area contributed by atoms with Gasteiger partial charge in [-0.2, -0.15) is 0 Å². The fourth-order valence-corrected chi connectivity index (χ4v) is 1.58. The Bertz CT molecular complexity index is 382. The van der Waals surface area contributed by atoms with Gasteiger partial charge < -0.3 is 15.2 Å². The monoisotopic (exact) mass is 257 g/mol. The highest BCUT2D eigenvalue weighted by Gasteiger charge is 2.06. The Balaban J connectivity index is 2.46. The van der Waals surface area contributed by atoms with Crippen LogP contribution in [0.2, 0.25) is 5.02 Å². The van der Waals surface area contributed by atoms with Crippen LogP contribution in [0.15, 0.2) is 18.2 Å². The number of benzene rings is 1. The van der Waals surface area contributed by atoms with Crippen molar-refractivity contribution in [2.75, 3.05) is 25.1 Å². The normalized spacial score (nSPS) is 10.2. The van der Waals surface area contributed by atoms with Crippen LogP contribution in [0.1, 0.15) is 23.7 Å². The summed E-state index contributed by atoms with van der Waals surface area (Å²) in [6.07, 6.45) is 0.880. The lowest BCUT2D eigenvalue weighted by atomic mass is 10.2. The van der Waals surface area contributed by atoms with Gasteiger partial charge in [-0.1, -0.05) is 11.6 Å². The molecular weight excluding hydrogens is 242 g/mol. The summed E-state index contributed by atoms with van der Waals surface area (Å²) in [7, 11) is 0. The first-order valence-corrected chi connectivity index (χ1v) is 5.87. The minimum atomic E-state index is -0.977. The predicted octanol–water partition coefficient (Wildman–Crippen LogP) is 2.88. The third-order valence-electron chi connectivity index (χ3n) is 2.20. The van der Waals surface area contributed by atoms with E-state index in [1.165, 1.54) is 12.1 Å². The molecule has 1 aromatic rings. The molecule has 0 heterocycles. The van der Waals surface area contributed by atoms with Gasteiger partial charge in [-0.25, -0.2) is 4.79 Å². The van der Waals surface area contributed by atoms with Crippen molar-refractivity contribution in [2.45, 2.75) is 13.3 Å². The van der Waals surface area contributed by atoms with Gasteiger partial charge >= 0.3 is 5.97 Å². The van der Waals surface area contributed by atoms with E-state index in [2.05, 4.69) is 5.32 Å². The number of ether oxygens (including phenoxy) is 1. The maximum absolute atomic E-state index is 10.7. The fraction of sp³-hybridized carbons (Fsp3) is 0.417. The van der Waals surface area contributed by atoms with Gasteiger partial charge in [0.1, 0.15) is 0 Å². The van der Waals surface area contributed by atoms with Crippen LogP contribution in [0.4, 0.5) is 5.69 Å². The molecule has 4 nitrogen and oxygen atoms in total. The minimum Gasteiger partial charge on any atom is -0.478 e. The second-order valence-electron chi connectivity index (χ2n) is 3.48. The number of halogens is 1. The number of carboxylic acid groups (broad SMARTS) is 1. The van der Waals surface area contributed by atoms with E-state index in [4.69, 9.17) is 21.4 Å². The molecule has 0 spiro atoms. The van der Waals surface area contributed by atoms with Crippen LogP contribution < -0.4 is 5.32 Å². The van der Waals surface area contributed by atoms with E-state index in [0.717, 1.165) is 18.7 Å². The highest BCUT2D eigenvalue weighted by molar-refractivity contribution is 6.33. The Hall–Kier alpha value is -1.26. The standard InChI is InChI=1S/C12H16ClNO3/c1-2-17-7-3-6-14-11-5-4-9(12(15)16)8-10(11)13/h4-5,8,14H,2-3,6-7H2,1H3,(H,15,16). The van der Waals surface area contributed by atoms with Crippen molar-refractivity contribution in [3.8, 4) is 0 Å². The maximum atomic E-state index is 10.7. The molecule has 1 rings (SSSR count). The molecule has 17 heavy (non-hydrogen) atoms. The summed E-state index contributed by atoms with van der Waals surface area (Å²) in [6.45, 7) is 4.11. The topological polar surface area (TPSA) is 58.6 Å². The Morgan fingerprint density at radius 3 is 2.88 bits per heavy atom. The van der Waals surface area contributed by atoms with Crippen molar-refractivity contribution in [1.29, 1.82) is 0 Å². The number of hydrogen-bond donors (Lipinski definition) is 2. The number of nitrogens with one attached hydrogen (secondary N) is 1. The lowest BCUT2D eigenvalue weighted by Gasteiger charge is -2.08. The first-order valence-electron chi connectivity index (χ1n) is 5.49. The molecule has 0 aliphatic carbocycles. The lowest BCUT2D eigenvalue weighted by molar-refractivity contribution is 0.0697. The lowest BCUT2D eigenvalue weighted by Crippen LogP contribution is -2.06. The summed E-state index contributed by atoms with van der Waals surface area (Å²) >= 11 is 5.96. The van der Waals surface area contributed by atoms with E-state index in [1.54, 1.807) is 6.07 Å². The maximum Gasteiger partial charge on any atom is 0.335 e. The van der Waals surface area contributed by atoms with Crippen molar-refractivity contribution >= 4 is 23.3 Å². The minimum absolute atomic E-state index is 0.190. The van der Waals surface area contributed by atoms with Crippen molar-refractivity contribution in [2.24, 2.45) is 0 Å². The summed E-state index contributed by atoms with van der Waals surface area (Å²) in [4.78, 5) is 10.7. The van der Waals surface area contributed by atoms with Gasteiger partial charge in [-0.3, -0.25) is 0 Å². The van der Waals surface area contributed by atoms with Crippen LogP contribution in [0.5, 0.6) is 0 Å². The second-order valence-corrected chi connectivity index (χ2v) is 3.88. The first-order chi connectivity index (χ1) is 8.15. The van der Waals surface area contributed by atoms with Gasteiger partial charge in [0.05, 0.1) is 16.3 Å². The molecule has 1 aromatic carbocycles. The van der Waals surface area contributed by atoms with E-state index in [9.17, 15) is 4.79 Å². The van der Waals surface area contributed by atoms with Crippen LogP contribution in [-0.4, -0.2) is 30.8 Å². The van der Waals surface area contributed by atoms with Gasteiger partial charge in [0.15, 0.2) is 0 Å². The average Bonchev–Trinajstić information content (AvgIpc) is 2.30. The molecule has 0 radical (unpaired) electrons. The zero-order valence-corrected chi connectivity index (χ0v) is 10.5. The van der Waals surface area contributed by atoms with Crippen LogP contribution in [0, 0.1) is 0 Å². The Kier molecular flexibility index (Phi) is 5.80. The molecular formula is C12H16ClNO3. The molecule has 0 aliphatic heterocycles. The number of hydrogen-bond acceptors (Lipinski definition) is 3. The third-order valence-corrected chi connectivity index (χ3v) is 2.51. The van der Waals surface area contributed by atoms with Gasteiger partial charge in [0.2, 0.25) is 0 Å². The molecule has 2 N–H and O–H groups in total. The zero-order valence-electron chi connectivity index (χ0n) is 9.70. The van der Waals surface area contributed by atoms with Gasteiger partial charge in [0.25, 0.3) is 0 Å². The van der Waals surface area contributed by atoms with Crippen molar-refractivity contribution in [3.63, 3.8) is 0 Å². The number of anilines is 1. The fourth-order valence-electron chi connectivity index (χ4n) is 1.33. The molecule has 0 saturated carbocycles. The molecule has 0 aliphatic rings. The van der Waals surface area contributed by atoms with E-state index in [0.29, 0.717) is 18.2 Å². The Labute approximate surface area is 106 Å². The summed E-state index contributed by atoms with van der Waals surface area (Å²) in [5, 5.41) is 12.3. The summed E-state index contributed by atoms with van der Waals surface area (Å²) in [5.74, 6) is -0.977. The van der Waals surface area contributed by atoms with E-state index >= 15 is 0 Å². The largest absolute Gasteiger partial charge is 0.478 e. The van der Waals surface area contributed by atoms with Gasteiger partial charge in [-0.05, 0) is 31.5 Å².